The number of aromatic nitrogens is 2. The van der Waals surface area contributed by atoms with Gasteiger partial charge in [0, 0.05) is 34.3 Å². The predicted octanol–water partition coefficient (Wildman–Crippen LogP) is 8.96. The van der Waals surface area contributed by atoms with Crippen molar-refractivity contribution in [1.82, 2.24) is 9.55 Å². The minimum absolute atomic E-state index is 0.649. The molecule has 2 aromatic heterocycles. The Kier molecular flexibility index (Phi) is 4.95. The monoisotopic (exact) mass is 509 g/mol. The molecule has 8 rings (SSSR count). The number of rotatable bonds is 3. The van der Waals surface area contributed by atoms with Gasteiger partial charge in [-0.15, -0.1) is 0 Å². The summed E-state index contributed by atoms with van der Waals surface area (Å²) in [5, 5.41) is 13.1. The Morgan fingerprint density at radius 2 is 1.23 bits per heavy atom. The number of pyridine rings is 1. The Morgan fingerprint density at radius 3 is 1.98 bits per heavy atom. The van der Waals surface area contributed by atoms with Crippen LogP contribution in [0.1, 0.15) is 16.7 Å². The van der Waals surface area contributed by atoms with Crippen LogP contribution in [0.2, 0.25) is 0 Å². The van der Waals surface area contributed by atoms with Crippen LogP contribution in [0.4, 0.5) is 0 Å². The Labute approximate surface area is 232 Å². The van der Waals surface area contributed by atoms with Gasteiger partial charge < -0.3 is 4.57 Å². The summed E-state index contributed by atoms with van der Waals surface area (Å²) < 4.78 is 2.28. The number of nitriles is 1. The summed E-state index contributed by atoms with van der Waals surface area (Å²) >= 11 is 0. The summed E-state index contributed by atoms with van der Waals surface area (Å²) in [6.45, 7) is 0. The van der Waals surface area contributed by atoms with Gasteiger partial charge in [-0.25, -0.2) is 0 Å². The molecule has 0 saturated heterocycles. The van der Waals surface area contributed by atoms with Gasteiger partial charge in [0.15, 0.2) is 0 Å². The first-order valence-electron chi connectivity index (χ1n) is 13.5. The molecular formula is C37H23N3. The largest absolute Gasteiger partial charge is 0.307 e. The van der Waals surface area contributed by atoms with Gasteiger partial charge >= 0.3 is 0 Å². The Hall–Kier alpha value is -5.46. The maximum atomic E-state index is 10.8. The van der Waals surface area contributed by atoms with Crippen molar-refractivity contribution in [2.75, 3.05) is 0 Å². The second-order valence-electron chi connectivity index (χ2n) is 10.3. The highest BCUT2D eigenvalue weighted by molar-refractivity contribution is 6.10. The zero-order valence-corrected chi connectivity index (χ0v) is 21.7. The van der Waals surface area contributed by atoms with Gasteiger partial charge in [-0.3, -0.25) is 4.98 Å². The molecule has 3 heteroatoms. The number of nitrogens with zero attached hydrogens (tertiary/aromatic N) is 3. The van der Waals surface area contributed by atoms with Crippen LogP contribution in [0.5, 0.6) is 0 Å². The fraction of sp³-hybridized carbons (Fsp3) is 0.0270. The number of hydrogen-bond acceptors (Lipinski definition) is 2. The smallest absolute Gasteiger partial charge is 0.102 e. The lowest BCUT2D eigenvalue weighted by molar-refractivity contribution is 1.17. The van der Waals surface area contributed by atoms with E-state index >= 15 is 0 Å². The molecule has 0 amide bonds. The zero-order valence-electron chi connectivity index (χ0n) is 21.7. The van der Waals surface area contributed by atoms with E-state index in [1.165, 1.54) is 33.0 Å². The third kappa shape index (κ3) is 3.27. The van der Waals surface area contributed by atoms with E-state index in [2.05, 4.69) is 119 Å². The lowest BCUT2D eigenvalue weighted by atomic mass is 9.91. The molecule has 186 valence electrons. The van der Waals surface area contributed by atoms with Crippen LogP contribution in [0.3, 0.4) is 0 Å². The molecule has 0 aliphatic heterocycles. The predicted molar refractivity (Wildman–Crippen MR) is 162 cm³/mol. The summed E-state index contributed by atoms with van der Waals surface area (Å²) in [6.07, 6.45) is 4.51. The number of para-hydroxylation sites is 2. The van der Waals surface area contributed by atoms with Crippen LogP contribution in [-0.4, -0.2) is 9.55 Å². The summed E-state index contributed by atoms with van der Waals surface area (Å²) in [5.41, 5.74) is 13.0. The zero-order chi connectivity index (χ0) is 26.6. The minimum atomic E-state index is 0.649. The van der Waals surface area contributed by atoms with E-state index in [0.717, 1.165) is 45.4 Å². The standard InChI is InChI=1S/C37H23N3/c38-23-34-29(24-17-19-39-20-18-24)15-16-30(27-14-13-26-21-25-7-1-2-8-28(25)33(26)22-27)37(34)40-35-11-5-3-9-31(35)32-10-4-6-12-36(32)40/h1-20,22H,21H2. The summed E-state index contributed by atoms with van der Waals surface area (Å²) in [4.78, 5) is 4.21. The van der Waals surface area contributed by atoms with Gasteiger partial charge in [-0.05, 0) is 70.1 Å². The first-order valence-corrected chi connectivity index (χ1v) is 13.5. The topological polar surface area (TPSA) is 41.6 Å². The van der Waals surface area contributed by atoms with Gasteiger partial charge in [-0.1, -0.05) is 84.9 Å². The van der Waals surface area contributed by atoms with Crippen LogP contribution in [0, 0.1) is 11.3 Å². The average Bonchev–Trinajstić information content (AvgIpc) is 3.56. The molecule has 7 aromatic rings. The fourth-order valence-electron chi connectivity index (χ4n) is 6.40. The Balaban J connectivity index is 1.49. The van der Waals surface area contributed by atoms with Crippen molar-refractivity contribution >= 4 is 21.8 Å². The van der Waals surface area contributed by atoms with Crippen molar-refractivity contribution in [1.29, 1.82) is 5.26 Å². The van der Waals surface area contributed by atoms with E-state index in [-0.39, 0.29) is 0 Å². The molecule has 0 atom stereocenters. The van der Waals surface area contributed by atoms with Gasteiger partial charge in [-0.2, -0.15) is 5.26 Å². The third-order valence-electron chi connectivity index (χ3n) is 8.19. The van der Waals surface area contributed by atoms with E-state index < -0.39 is 0 Å². The van der Waals surface area contributed by atoms with E-state index in [1.807, 2.05) is 12.1 Å². The first kappa shape index (κ1) is 22.5. The Bertz CT molecular complexity index is 2090. The third-order valence-corrected chi connectivity index (χ3v) is 8.19. The van der Waals surface area contributed by atoms with Crippen LogP contribution in [0.25, 0.3) is 60.9 Å². The molecule has 0 spiro atoms. The molecule has 5 aromatic carbocycles. The van der Waals surface area contributed by atoms with Crippen LogP contribution in [-0.2, 0) is 6.42 Å². The first-order chi connectivity index (χ1) is 19.8. The molecule has 0 fully saturated rings. The Morgan fingerprint density at radius 1 is 0.575 bits per heavy atom. The highest BCUT2D eigenvalue weighted by atomic mass is 15.0. The fourth-order valence-corrected chi connectivity index (χ4v) is 6.40. The van der Waals surface area contributed by atoms with Crippen molar-refractivity contribution in [2.24, 2.45) is 0 Å². The van der Waals surface area contributed by atoms with Gasteiger partial charge in [0.05, 0.1) is 22.3 Å². The molecule has 0 bridgehead atoms. The normalized spacial score (nSPS) is 11.9. The lowest BCUT2D eigenvalue weighted by Crippen LogP contribution is -2.03. The number of benzene rings is 5. The van der Waals surface area contributed by atoms with Crippen LogP contribution >= 0.6 is 0 Å². The molecule has 0 radical (unpaired) electrons. The van der Waals surface area contributed by atoms with E-state index in [4.69, 9.17) is 0 Å². The molecule has 40 heavy (non-hydrogen) atoms. The molecular weight excluding hydrogens is 486 g/mol. The molecule has 1 aliphatic rings. The average molecular weight is 510 g/mol. The maximum Gasteiger partial charge on any atom is 0.102 e. The van der Waals surface area contributed by atoms with Gasteiger partial charge in [0.25, 0.3) is 0 Å². The number of fused-ring (bicyclic) bond motifs is 6. The highest BCUT2D eigenvalue weighted by Crippen LogP contribution is 2.43. The quantitative estimate of drug-likeness (QED) is 0.238. The van der Waals surface area contributed by atoms with Crippen molar-refractivity contribution in [3.63, 3.8) is 0 Å². The van der Waals surface area contributed by atoms with Crippen molar-refractivity contribution in [3.05, 3.63) is 144 Å². The van der Waals surface area contributed by atoms with Crippen molar-refractivity contribution in [2.45, 2.75) is 6.42 Å². The van der Waals surface area contributed by atoms with E-state index in [9.17, 15) is 5.26 Å². The molecule has 3 nitrogen and oxygen atoms in total. The second-order valence-corrected chi connectivity index (χ2v) is 10.3. The highest BCUT2D eigenvalue weighted by Gasteiger charge is 2.24. The summed E-state index contributed by atoms with van der Waals surface area (Å²) in [5.74, 6) is 0. The summed E-state index contributed by atoms with van der Waals surface area (Å²) in [7, 11) is 0. The second kappa shape index (κ2) is 8.80. The molecule has 2 heterocycles. The van der Waals surface area contributed by atoms with E-state index in [0.29, 0.717) is 5.56 Å². The SMILES string of the molecule is N#Cc1c(-c2ccncc2)ccc(-c2ccc3c(c2)-c2ccccc2C3)c1-n1c2ccccc2c2ccccc21. The van der Waals surface area contributed by atoms with Crippen LogP contribution < -0.4 is 0 Å². The molecule has 0 unspecified atom stereocenters. The van der Waals surface area contributed by atoms with Crippen molar-refractivity contribution < 1.29 is 0 Å². The molecule has 0 saturated carbocycles. The van der Waals surface area contributed by atoms with Gasteiger partial charge in [0.2, 0.25) is 0 Å². The lowest BCUT2D eigenvalue weighted by Gasteiger charge is -2.19. The summed E-state index contributed by atoms with van der Waals surface area (Å²) in [6, 6.07) is 43.2. The molecule has 0 N–H and O–H groups in total. The van der Waals surface area contributed by atoms with Crippen molar-refractivity contribution in [3.8, 4) is 45.1 Å². The maximum absolute atomic E-state index is 10.8. The molecule has 1 aliphatic carbocycles. The number of hydrogen-bond donors (Lipinski definition) is 0. The van der Waals surface area contributed by atoms with Crippen LogP contribution in [0.15, 0.2) is 128 Å². The van der Waals surface area contributed by atoms with Gasteiger partial charge in [0.1, 0.15) is 6.07 Å². The van der Waals surface area contributed by atoms with E-state index in [1.54, 1.807) is 12.4 Å². The minimum Gasteiger partial charge on any atom is -0.307 e.